The van der Waals surface area contributed by atoms with Gasteiger partial charge in [-0.2, -0.15) is 0 Å². The minimum absolute atomic E-state index is 0.163. The summed E-state index contributed by atoms with van der Waals surface area (Å²) in [6.45, 7) is 5.68. The van der Waals surface area contributed by atoms with E-state index >= 15 is 0 Å². The van der Waals surface area contributed by atoms with Crippen LogP contribution < -0.4 is 0 Å². The van der Waals surface area contributed by atoms with Gasteiger partial charge in [-0.15, -0.1) is 0 Å². The highest BCUT2D eigenvalue weighted by molar-refractivity contribution is 5.75. The molecule has 0 aromatic rings. The summed E-state index contributed by atoms with van der Waals surface area (Å²) < 4.78 is 0. The molecular weight excluding hydrogens is 256 g/mol. The minimum Gasteiger partial charge on any atom is -0.481 e. The van der Waals surface area contributed by atoms with Crippen molar-refractivity contribution in [2.45, 2.75) is 64.5 Å². The van der Waals surface area contributed by atoms with Gasteiger partial charge in [-0.1, -0.05) is 6.92 Å². The van der Waals surface area contributed by atoms with Crippen LogP contribution in [0.5, 0.6) is 0 Å². The number of piperidine rings is 1. The molecule has 2 saturated heterocycles. The van der Waals surface area contributed by atoms with Crippen molar-refractivity contribution >= 4 is 12.0 Å². The molecule has 0 radical (unpaired) electrons. The van der Waals surface area contributed by atoms with Gasteiger partial charge in [0.05, 0.1) is 0 Å². The van der Waals surface area contributed by atoms with Crippen molar-refractivity contribution in [2.24, 2.45) is 5.92 Å². The van der Waals surface area contributed by atoms with Gasteiger partial charge >= 0.3 is 12.0 Å². The first-order valence-electron chi connectivity index (χ1n) is 7.82. The fourth-order valence-corrected chi connectivity index (χ4v) is 3.56. The highest BCUT2D eigenvalue weighted by Crippen LogP contribution is 2.29. The van der Waals surface area contributed by atoms with Crippen LogP contribution in [0.15, 0.2) is 0 Å². The van der Waals surface area contributed by atoms with Gasteiger partial charge in [0.1, 0.15) is 0 Å². The van der Waals surface area contributed by atoms with Crippen LogP contribution in [-0.2, 0) is 4.79 Å². The van der Waals surface area contributed by atoms with Gasteiger partial charge in [-0.25, -0.2) is 4.79 Å². The monoisotopic (exact) mass is 282 g/mol. The SMILES string of the molecule is CCC1CCC(C)N1C(=O)N1CCC(CC(=O)O)CC1. The van der Waals surface area contributed by atoms with Crippen LogP contribution in [0, 0.1) is 5.92 Å². The molecule has 0 aromatic heterocycles. The summed E-state index contributed by atoms with van der Waals surface area (Å²) in [6, 6.07) is 0.883. The van der Waals surface area contributed by atoms with Gasteiger partial charge in [0.25, 0.3) is 0 Å². The van der Waals surface area contributed by atoms with Gasteiger partial charge in [-0.3, -0.25) is 4.79 Å². The van der Waals surface area contributed by atoms with E-state index in [9.17, 15) is 9.59 Å². The number of carboxylic acid groups (broad SMARTS) is 1. The van der Waals surface area contributed by atoms with Crippen molar-refractivity contribution in [2.75, 3.05) is 13.1 Å². The zero-order chi connectivity index (χ0) is 14.7. The Morgan fingerprint density at radius 3 is 2.35 bits per heavy atom. The molecule has 0 aliphatic carbocycles. The predicted molar refractivity (Wildman–Crippen MR) is 76.6 cm³/mol. The van der Waals surface area contributed by atoms with Crippen molar-refractivity contribution in [1.29, 1.82) is 0 Å². The number of carbonyl (C=O) groups is 2. The van der Waals surface area contributed by atoms with Crippen LogP contribution in [-0.4, -0.2) is 52.1 Å². The lowest BCUT2D eigenvalue weighted by atomic mass is 9.94. The molecule has 0 saturated carbocycles. The standard InChI is InChI=1S/C15H26N2O3/c1-3-13-5-4-11(2)17(13)15(20)16-8-6-12(7-9-16)10-14(18)19/h11-13H,3-10H2,1-2H3,(H,18,19). The molecule has 2 atom stereocenters. The molecule has 20 heavy (non-hydrogen) atoms. The number of carbonyl (C=O) groups excluding carboxylic acids is 1. The number of amides is 2. The Kier molecular flexibility index (Phi) is 4.89. The number of nitrogens with zero attached hydrogens (tertiary/aromatic N) is 2. The van der Waals surface area contributed by atoms with Crippen molar-refractivity contribution in [1.82, 2.24) is 9.80 Å². The molecule has 2 aliphatic rings. The van der Waals surface area contributed by atoms with E-state index < -0.39 is 5.97 Å². The summed E-state index contributed by atoms with van der Waals surface area (Å²) in [4.78, 5) is 27.3. The smallest absolute Gasteiger partial charge is 0.320 e. The van der Waals surface area contributed by atoms with Crippen LogP contribution in [0.25, 0.3) is 0 Å². The highest BCUT2D eigenvalue weighted by Gasteiger charge is 2.36. The number of rotatable bonds is 3. The summed E-state index contributed by atoms with van der Waals surface area (Å²) in [6.07, 6.45) is 5.10. The lowest BCUT2D eigenvalue weighted by Crippen LogP contribution is -2.50. The summed E-state index contributed by atoms with van der Waals surface area (Å²) in [5, 5.41) is 8.83. The Hall–Kier alpha value is -1.26. The second-order valence-electron chi connectivity index (χ2n) is 6.21. The topological polar surface area (TPSA) is 60.9 Å². The van der Waals surface area contributed by atoms with Crippen molar-refractivity contribution in [3.63, 3.8) is 0 Å². The number of aliphatic carboxylic acids is 1. The second kappa shape index (κ2) is 6.46. The summed E-state index contributed by atoms with van der Waals surface area (Å²) in [5.41, 5.74) is 0. The molecule has 1 N–H and O–H groups in total. The van der Waals surface area contributed by atoms with E-state index in [4.69, 9.17) is 5.11 Å². The van der Waals surface area contributed by atoms with Gasteiger partial charge in [0.15, 0.2) is 0 Å². The maximum atomic E-state index is 12.6. The molecule has 114 valence electrons. The largest absolute Gasteiger partial charge is 0.481 e. The number of urea groups is 1. The maximum absolute atomic E-state index is 12.6. The van der Waals surface area contributed by atoms with E-state index in [1.807, 2.05) is 4.90 Å². The first-order valence-corrected chi connectivity index (χ1v) is 7.82. The van der Waals surface area contributed by atoms with Gasteiger partial charge in [0, 0.05) is 31.6 Å². The van der Waals surface area contributed by atoms with Crippen LogP contribution in [0.2, 0.25) is 0 Å². The molecule has 2 rings (SSSR count). The van der Waals surface area contributed by atoms with Gasteiger partial charge in [0.2, 0.25) is 0 Å². The third-order valence-electron chi connectivity index (χ3n) is 4.83. The molecule has 0 aromatic carbocycles. The summed E-state index contributed by atoms with van der Waals surface area (Å²) in [7, 11) is 0. The lowest BCUT2D eigenvalue weighted by molar-refractivity contribution is -0.138. The number of hydrogen-bond acceptors (Lipinski definition) is 2. The minimum atomic E-state index is -0.728. The summed E-state index contributed by atoms with van der Waals surface area (Å²) in [5.74, 6) is -0.497. The number of likely N-dealkylation sites (tertiary alicyclic amines) is 2. The fraction of sp³-hybridized carbons (Fsp3) is 0.867. The molecule has 0 bridgehead atoms. The molecule has 5 nitrogen and oxygen atoms in total. The number of hydrogen-bond donors (Lipinski definition) is 1. The van der Waals surface area contributed by atoms with Crippen LogP contribution in [0.3, 0.4) is 0 Å². The highest BCUT2D eigenvalue weighted by atomic mass is 16.4. The molecule has 2 fully saturated rings. The molecule has 2 amide bonds. The average Bonchev–Trinajstić information content (AvgIpc) is 2.79. The molecule has 0 spiro atoms. The molecule has 2 unspecified atom stereocenters. The predicted octanol–water partition coefficient (Wildman–Crippen LogP) is 2.56. The molecular formula is C15H26N2O3. The fourth-order valence-electron chi connectivity index (χ4n) is 3.56. The molecule has 2 aliphatic heterocycles. The Morgan fingerprint density at radius 1 is 1.15 bits per heavy atom. The summed E-state index contributed by atoms with van der Waals surface area (Å²) >= 11 is 0. The van der Waals surface area contributed by atoms with E-state index in [1.54, 1.807) is 0 Å². The molecule has 5 heteroatoms. The van der Waals surface area contributed by atoms with Crippen molar-refractivity contribution < 1.29 is 14.7 Å². The third-order valence-corrected chi connectivity index (χ3v) is 4.83. The van der Waals surface area contributed by atoms with E-state index in [0.717, 1.165) is 32.1 Å². The van der Waals surface area contributed by atoms with E-state index in [1.165, 1.54) is 0 Å². The zero-order valence-electron chi connectivity index (χ0n) is 12.5. The second-order valence-corrected chi connectivity index (χ2v) is 6.21. The van der Waals surface area contributed by atoms with Crippen LogP contribution in [0.4, 0.5) is 4.79 Å². The Labute approximate surface area is 120 Å². The lowest BCUT2D eigenvalue weighted by Gasteiger charge is -2.37. The molecule has 2 heterocycles. The van der Waals surface area contributed by atoms with Crippen LogP contribution in [0.1, 0.15) is 52.4 Å². The number of carboxylic acids is 1. The third kappa shape index (κ3) is 3.25. The van der Waals surface area contributed by atoms with E-state index in [0.29, 0.717) is 25.2 Å². The van der Waals surface area contributed by atoms with E-state index in [2.05, 4.69) is 18.7 Å². The Morgan fingerprint density at radius 2 is 1.80 bits per heavy atom. The average molecular weight is 282 g/mol. The Bertz CT molecular complexity index is 364. The van der Waals surface area contributed by atoms with Gasteiger partial charge in [-0.05, 0) is 44.9 Å². The van der Waals surface area contributed by atoms with Gasteiger partial charge < -0.3 is 14.9 Å². The first-order chi connectivity index (χ1) is 9.52. The maximum Gasteiger partial charge on any atom is 0.320 e. The quantitative estimate of drug-likeness (QED) is 0.865. The van der Waals surface area contributed by atoms with Crippen LogP contribution >= 0.6 is 0 Å². The normalized spacial score (nSPS) is 27.9. The van der Waals surface area contributed by atoms with Crippen molar-refractivity contribution in [3.8, 4) is 0 Å². The Balaban J connectivity index is 1.89. The zero-order valence-corrected chi connectivity index (χ0v) is 12.5. The van der Waals surface area contributed by atoms with E-state index in [-0.39, 0.29) is 18.4 Å². The first kappa shape index (κ1) is 15.1. The van der Waals surface area contributed by atoms with Crippen molar-refractivity contribution in [3.05, 3.63) is 0 Å².